The van der Waals surface area contributed by atoms with Crippen LogP contribution in [0.1, 0.15) is 58.2 Å². The molecule has 0 radical (unpaired) electrons. The largest absolute Gasteiger partial charge is 0.465 e. The molecule has 1 aromatic heterocycles. The normalized spacial score (nSPS) is 12.6. The van der Waals surface area contributed by atoms with Crippen LogP contribution in [0, 0.1) is 0 Å². The van der Waals surface area contributed by atoms with E-state index >= 15 is 0 Å². The number of ether oxygens (including phenoxy) is 1. The van der Waals surface area contributed by atoms with Gasteiger partial charge in [0, 0.05) is 13.0 Å². The molecule has 21 heavy (non-hydrogen) atoms. The van der Waals surface area contributed by atoms with Crippen LogP contribution in [0.15, 0.2) is 4.52 Å². The molecule has 1 heterocycles. The summed E-state index contributed by atoms with van der Waals surface area (Å²) in [7, 11) is 0. The highest BCUT2D eigenvalue weighted by Crippen LogP contribution is 2.21. The summed E-state index contributed by atoms with van der Waals surface area (Å²) in [6, 6.07) is 0. The van der Waals surface area contributed by atoms with Crippen LogP contribution >= 0.6 is 0 Å². The number of rotatable bonds is 10. The number of carbonyl (C=O) groups is 1. The third kappa shape index (κ3) is 5.46. The number of hydrogen-bond acceptors (Lipinski definition) is 6. The van der Waals surface area contributed by atoms with Crippen LogP contribution in [0.2, 0.25) is 0 Å². The van der Waals surface area contributed by atoms with Crippen molar-refractivity contribution in [2.45, 2.75) is 52.9 Å². The zero-order valence-corrected chi connectivity index (χ0v) is 13.6. The molecule has 6 heteroatoms. The van der Waals surface area contributed by atoms with Crippen LogP contribution in [0.4, 0.5) is 0 Å². The Morgan fingerprint density at radius 1 is 1.29 bits per heavy atom. The second kappa shape index (κ2) is 9.50. The summed E-state index contributed by atoms with van der Waals surface area (Å²) in [4.78, 5) is 18.6. The van der Waals surface area contributed by atoms with Crippen molar-refractivity contribution in [1.29, 1.82) is 0 Å². The predicted molar refractivity (Wildman–Crippen MR) is 80.1 cm³/mol. The first-order valence-corrected chi connectivity index (χ1v) is 7.87. The summed E-state index contributed by atoms with van der Waals surface area (Å²) in [6.45, 7) is 11.3. The molecule has 0 bridgehead atoms. The minimum atomic E-state index is -0.440. The monoisotopic (exact) mass is 297 g/mol. The summed E-state index contributed by atoms with van der Waals surface area (Å²) in [5.74, 6) is 0.315. The van der Waals surface area contributed by atoms with Crippen molar-refractivity contribution in [3.63, 3.8) is 0 Å². The third-order valence-electron chi connectivity index (χ3n) is 3.48. The van der Waals surface area contributed by atoms with Gasteiger partial charge in [-0.1, -0.05) is 32.3 Å². The van der Waals surface area contributed by atoms with Crippen LogP contribution in [-0.4, -0.2) is 47.3 Å². The molecule has 0 aliphatic rings. The number of aromatic nitrogens is 2. The van der Waals surface area contributed by atoms with Gasteiger partial charge in [-0.3, -0.25) is 4.79 Å². The first-order chi connectivity index (χ1) is 10.2. The Labute approximate surface area is 126 Å². The molecule has 0 N–H and O–H groups in total. The average Bonchev–Trinajstić information content (AvgIpc) is 2.94. The van der Waals surface area contributed by atoms with E-state index in [-0.39, 0.29) is 5.97 Å². The topological polar surface area (TPSA) is 68.5 Å². The van der Waals surface area contributed by atoms with Crippen molar-refractivity contribution in [2.75, 3.05) is 26.2 Å². The molecule has 0 aliphatic heterocycles. The lowest BCUT2D eigenvalue weighted by molar-refractivity contribution is -0.145. The van der Waals surface area contributed by atoms with Gasteiger partial charge < -0.3 is 14.2 Å². The van der Waals surface area contributed by atoms with Crippen molar-refractivity contribution in [3.8, 4) is 0 Å². The maximum absolute atomic E-state index is 11.9. The third-order valence-corrected chi connectivity index (χ3v) is 3.48. The molecular weight excluding hydrogens is 270 g/mol. The van der Waals surface area contributed by atoms with Gasteiger partial charge in [-0.15, -0.1) is 0 Å². The molecule has 0 fully saturated rings. The summed E-state index contributed by atoms with van der Waals surface area (Å²) in [6.07, 6.45) is 2.25. The van der Waals surface area contributed by atoms with Gasteiger partial charge in [0.2, 0.25) is 5.89 Å². The van der Waals surface area contributed by atoms with E-state index < -0.39 is 5.92 Å². The molecule has 0 saturated carbocycles. The Morgan fingerprint density at radius 3 is 2.57 bits per heavy atom. The lowest BCUT2D eigenvalue weighted by Crippen LogP contribution is -2.25. The molecule has 0 amide bonds. The fraction of sp³-hybridized carbons (Fsp3) is 0.800. The second-order valence-corrected chi connectivity index (χ2v) is 4.92. The number of carbonyl (C=O) groups excluding carboxylic acids is 1. The van der Waals surface area contributed by atoms with E-state index in [4.69, 9.17) is 9.26 Å². The maximum atomic E-state index is 11.9. The first-order valence-electron chi connectivity index (χ1n) is 7.87. The molecule has 1 atom stereocenters. The molecule has 1 aromatic rings. The van der Waals surface area contributed by atoms with Crippen molar-refractivity contribution in [3.05, 3.63) is 11.7 Å². The van der Waals surface area contributed by atoms with Crippen LogP contribution in [-0.2, 0) is 16.0 Å². The highest BCUT2D eigenvalue weighted by Gasteiger charge is 2.27. The molecule has 0 aliphatic carbocycles. The average molecular weight is 297 g/mol. The maximum Gasteiger partial charge on any atom is 0.318 e. The van der Waals surface area contributed by atoms with E-state index in [0.29, 0.717) is 24.7 Å². The zero-order chi connectivity index (χ0) is 15.7. The smallest absolute Gasteiger partial charge is 0.318 e. The van der Waals surface area contributed by atoms with Crippen LogP contribution in [0.5, 0.6) is 0 Å². The van der Waals surface area contributed by atoms with E-state index in [1.54, 1.807) is 6.92 Å². The summed E-state index contributed by atoms with van der Waals surface area (Å²) in [5.41, 5.74) is 0. The Morgan fingerprint density at radius 2 is 2.00 bits per heavy atom. The van der Waals surface area contributed by atoms with Gasteiger partial charge in [0.05, 0.1) is 6.61 Å². The van der Waals surface area contributed by atoms with Crippen LogP contribution in [0.25, 0.3) is 0 Å². The standard InChI is InChI=1S/C15H27N3O3/c1-5-9-12(15(19)20-8-4)14-16-13(17-21-14)10-11-18(6-2)7-3/h12H,5-11H2,1-4H3. The van der Waals surface area contributed by atoms with E-state index in [9.17, 15) is 4.79 Å². The van der Waals surface area contributed by atoms with Gasteiger partial charge in [0.1, 0.15) is 5.92 Å². The van der Waals surface area contributed by atoms with E-state index in [0.717, 1.165) is 32.5 Å². The second-order valence-electron chi connectivity index (χ2n) is 4.92. The van der Waals surface area contributed by atoms with Crippen LogP contribution < -0.4 is 0 Å². The molecular formula is C15H27N3O3. The Hall–Kier alpha value is -1.43. The highest BCUT2D eigenvalue weighted by atomic mass is 16.5. The van der Waals surface area contributed by atoms with Gasteiger partial charge in [-0.25, -0.2) is 0 Å². The molecule has 120 valence electrons. The quantitative estimate of drug-likeness (QED) is 0.618. The fourth-order valence-electron chi connectivity index (χ4n) is 2.18. The lowest BCUT2D eigenvalue weighted by Gasteiger charge is -2.16. The van der Waals surface area contributed by atoms with Crippen LogP contribution in [0.3, 0.4) is 0 Å². The van der Waals surface area contributed by atoms with Gasteiger partial charge in [-0.05, 0) is 26.4 Å². The summed E-state index contributed by atoms with van der Waals surface area (Å²) >= 11 is 0. The minimum Gasteiger partial charge on any atom is -0.465 e. The highest BCUT2D eigenvalue weighted by molar-refractivity contribution is 5.76. The van der Waals surface area contributed by atoms with E-state index in [1.807, 2.05) is 6.92 Å². The Bertz CT molecular complexity index is 416. The van der Waals surface area contributed by atoms with Gasteiger partial charge in [0.25, 0.3) is 0 Å². The molecule has 0 spiro atoms. The zero-order valence-electron chi connectivity index (χ0n) is 13.6. The summed E-state index contributed by atoms with van der Waals surface area (Å²) in [5, 5.41) is 3.98. The Kier molecular flexibility index (Phi) is 7.97. The number of likely N-dealkylation sites (N-methyl/N-ethyl adjacent to an activating group) is 1. The van der Waals surface area contributed by atoms with Gasteiger partial charge in [-0.2, -0.15) is 4.98 Å². The van der Waals surface area contributed by atoms with Gasteiger partial charge >= 0.3 is 5.97 Å². The molecule has 6 nitrogen and oxygen atoms in total. The number of esters is 1. The molecule has 1 unspecified atom stereocenters. The fourth-order valence-corrected chi connectivity index (χ4v) is 2.18. The lowest BCUT2D eigenvalue weighted by atomic mass is 10.0. The molecule has 1 rings (SSSR count). The number of nitrogens with zero attached hydrogens (tertiary/aromatic N) is 3. The van der Waals surface area contributed by atoms with Crippen molar-refractivity contribution in [2.24, 2.45) is 0 Å². The Balaban J connectivity index is 2.67. The molecule has 0 aromatic carbocycles. The van der Waals surface area contributed by atoms with E-state index in [2.05, 4.69) is 28.9 Å². The SMILES string of the molecule is CCCC(C(=O)OCC)c1nc(CCN(CC)CC)no1. The number of hydrogen-bond donors (Lipinski definition) is 0. The van der Waals surface area contributed by atoms with Crippen molar-refractivity contribution < 1.29 is 14.1 Å². The molecule has 0 saturated heterocycles. The van der Waals surface area contributed by atoms with Gasteiger partial charge in [0.15, 0.2) is 5.82 Å². The predicted octanol–water partition coefficient (Wildman–Crippen LogP) is 2.40. The van der Waals surface area contributed by atoms with Crippen molar-refractivity contribution >= 4 is 5.97 Å². The van der Waals surface area contributed by atoms with E-state index in [1.165, 1.54) is 0 Å². The minimum absolute atomic E-state index is 0.279. The first kappa shape index (κ1) is 17.6. The van der Waals surface area contributed by atoms with Crippen molar-refractivity contribution in [1.82, 2.24) is 15.0 Å². The summed E-state index contributed by atoms with van der Waals surface area (Å²) < 4.78 is 10.3.